The van der Waals surface area contributed by atoms with Crippen molar-refractivity contribution in [3.05, 3.63) is 51.6 Å². The first-order valence-electron chi connectivity index (χ1n) is 5.82. The Hall–Kier alpha value is -1.87. The average molecular weight is 359 g/mol. The molecule has 0 aliphatic rings. The molecule has 3 aromatic rings. The number of hydrogen-bond donors (Lipinski definition) is 0. The molecular weight excluding hydrogens is 349 g/mol. The van der Waals surface area contributed by atoms with E-state index in [1.54, 1.807) is 6.07 Å². The molecule has 1 heterocycles. The minimum absolute atomic E-state index is 0.616. The first-order chi connectivity index (χ1) is 9.20. The molecule has 0 unspecified atom stereocenters. The molecule has 0 atom stereocenters. The first-order valence-corrected chi connectivity index (χ1v) is 6.90. The Morgan fingerprint density at radius 2 is 1.89 bits per heavy atom. The van der Waals surface area contributed by atoms with E-state index in [9.17, 15) is 0 Å². The summed E-state index contributed by atoms with van der Waals surface area (Å²) in [6.07, 6.45) is 0. The zero-order chi connectivity index (χ0) is 13.4. The molecule has 0 saturated carbocycles. The Kier molecular flexibility index (Phi) is 2.99. The predicted molar refractivity (Wildman–Crippen MR) is 83.6 cm³/mol. The van der Waals surface area contributed by atoms with Crippen molar-refractivity contribution < 1.29 is 0 Å². The van der Waals surface area contributed by atoms with Crippen molar-refractivity contribution in [2.24, 2.45) is 7.05 Å². The molecule has 0 aliphatic carbocycles. The molecule has 92 valence electrons. The lowest BCUT2D eigenvalue weighted by Gasteiger charge is -2.02. The summed E-state index contributed by atoms with van der Waals surface area (Å²) in [6, 6.07) is 16.1. The standard InChI is InChI=1S/C15H10IN3/c1-19-13-4-2-3-11(9-17)14(13)18-15(19)10-5-7-12(16)8-6-10/h2-8H,1H3. The van der Waals surface area contributed by atoms with Crippen molar-refractivity contribution in [3.63, 3.8) is 0 Å². The molecule has 4 heteroatoms. The Balaban J connectivity index is 2.29. The van der Waals surface area contributed by atoms with Gasteiger partial charge in [0.1, 0.15) is 17.4 Å². The number of nitriles is 1. The number of para-hydroxylation sites is 1. The van der Waals surface area contributed by atoms with Crippen LogP contribution in [0.5, 0.6) is 0 Å². The average Bonchev–Trinajstić information content (AvgIpc) is 2.77. The second-order valence-electron chi connectivity index (χ2n) is 4.29. The number of fused-ring (bicyclic) bond motifs is 1. The molecule has 0 spiro atoms. The molecule has 0 aliphatic heterocycles. The molecular formula is C15H10IN3. The summed E-state index contributed by atoms with van der Waals surface area (Å²) in [4.78, 5) is 4.62. The monoisotopic (exact) mass is 359 g/mol. The summed E-state index contributed by atoms with van der Waals surface area (Å²) in [5.41, 5.74) is 3.42. The zero-order valence-electron chi connectivity index (χ0n) is 10.3. The van der Waals surface area contributed by atoms with E-state index in [0.29, 0.717) is 5.56 Å². The molecule has 0 radical (unpaired) electrons. The smallest absolute Gasteiger partial charge is 0.140 e. The number of nitrogens with zero attached hydrogens (tertiary/aromatic N) is 3. The summed E-state index contributed by atoms with van der Waals surface area (Å²) in [7, 11) is 1.98. The highest BCUT2D eigenvalue weighted by atomic mass is 127. The maximum atomic E-state index is 9.14. The van der Waals surface area contributed by atoms with E-state index in [-0.39, 0.29) is 0 Å². The van der Waals surface area contributed by atoms with Gasteiger partial charge in [0.25, 0.3) is 0 Å². The van der Waals surface area contributed by atoms with Crippen molar-refractivity contribution in [3.8, 4) is 17.5 Å². The van der Waals surface area contributed by atoms with Gasteiger partial charge < -0.3 is 4.57 Å². The molecule has 0 N–H and O–H groups in total. The van der Waals surface area contributed by atoms with Crippen LogP contribution in [0.3, 0.4) is 0 Å². The molecule has 0 bridgehead atoms. The van der Waals surface area contributed by atoms with Crippen molar-refractivity contribution in [2.45, 2.75) is 0 Å². The van der Waals surface area contributed by atoms with Crippen LogP contribution in [0.1, 0.15) is 5.56 Å². The predicted octanol–water partition coefficient (Wildman–Crippen LogP) is 3.72. The maximum Gasteiger partial charge on any atom is 0.140 e. The highest BCUT2D eigenvalue weighted by Gasteiger charge is 2.12. The van der Waals surface area contributed by atoms with Crippen LogP contribution in [0.15, 0.2) is 42.5 Å². The molecule has 1 aromatic heterocycles. The number of halogens is 1. The number of hydrogen-bond acceptors (Lipinski definition) is 2. The number of aromatic nitrogens is 2. The van der Waals surface area contributed by atoms with Crippen LogP contribution in [0, 0.1) is 14.9 Å². The summed E-state index contributed by atoms with van der Waals surface area (Å²) in [6.45, 7) is 0. The molecule has 2 aromatic carbocycles. The van der Waals surface area contributed by atoms with E-state index in [2.05, 4.69) is 57.9 Å². The largest absolute Gasteiger partial charge is 0.327 e. The van der Waals surface area contributed by atoms with Crippen molar-refractivity contribution in [1.29, 1.82) is 5.26 Å². The molecule has 0 saturated heterocycles. The fourth-order valence-corrected chi connectivity index (χ4v) is 2.52. The Labute approximate surface area is 124 Å². The van der Waals surface area contributed by atoms with E-state index in [4.69, 9.17) is 5.26 Å². The van der Waals surface area contributed by atoms with E-state index < -0.39 is 0 Å². The van der Waals surface area contributed by atoms with E-state index in [1.165, 1.54) is 3.57 Å². The zero-order valence-corrected chi connectivity index (χ0v) is 12.4. The van der Waals surface area contributed by atoms with Gasteiger partial charge in [-0.25, -0.2) is 4.98 Å². The van der Waals surface area contributed by atoms with Crippen molar-refractivity contribution in [2.75, 3.05) is 0 Å². The minimum Gasteiger partial charge on any atom is -0.327 e. The lowest BCUT2D eigenvalue weighted by atomic mass is 10.2. The number of imidazole rings is 1. The second-order valence-corrected chi connectivity index (χ2v) is 5.53. The van der Waals surface area contributed by atoms with Crippen LogP contribution in [-0.2, 0) is 7.05 Å². The fraction of sp³-hybridized carbons (Fsp3) is 0.0667. The van der Waals surface area contributed by atoms with Crippen LogP contribution in [-0.4, -0.2) is 9.55 Å². The van der Waals surface area contributed by atoms with E-state index >= 15 is 0 Å². The molecule has 3 nitrogen and oxygen atoms in total. The van der Waals surface area contributed by atoms with Gasteiger partial charge in [-0.3, -0.25) is 0 Å². The highest BCUT2D eigenvalue weighted by Crippen LogP contribution is 2.25. The Morgan fingerprint density at radius 1 is 1.16 bits per heavy atom. The lowest BCUT2D eigenvalue weighted by Crippen LogP contribution is -1.92. The summed E-state index contributed by atoms with van der Waals surface area (Å²) in [5.74, 6) is 0.883. The molecule has 0 fully saturated rings. The third kappa shape index (κ3) is 2.00. The van der Waals surface area contributed by atoms with Crippen LogP contribution < -0.4 is 0 Å². The second kappa shape index (κ2) is 4.67. The summed E-state index contributed by atoms with van der Waals surface area (Å²) in [5, 5.41) is 9.14. The van der Waals surface area contributed by atoms with Crippen molar-refractivity contribution in [1.82, 2.24) is 9.55 Å². The normalized spacial score (nSPS) is 10.6. The maximum absolute atomic E-state index is 9.14. The highest BCUT2D eigenvalue weighted by molar-refractivity contribution is 14.1. The van der Waals surface area contributed by atoms with Gasteiger partial charge >= 0.3 is 0 Å². The van der Waals surface area contributed by atoms with Gasteiger partial charge in [-0.1, -0.05) is 18.2 Å². The number of benzene rings is 2. The van der Waals surface area contributed by atoms with E-state index in [1.807, 2.05) is 23.7 Å². The Bertz CT molecular complexity index is 795. The SMILES string of the molecule is Cn1c(-c2ccc(I)cc2)nc2c(C#N)cccc21. The lowest BCUT2D eigenvalue weighted by molar-refractivity contribution is 0.959. The molecule has 19 heavy (non-hydrogen) atoms. The third-order valence-corrected chi connectivity index (χ3v) is 3.85. The van der Waals surface area contributed by atoms with Crippen LogP contribution >= 0.6 is 22.6 Å². The fourth-order valence-electron chi connectivity index (χ4n) is 2.16. The molecule has 3 rings (SSSR count). The third-order valence-electron chi connectivity index (χ3n) is 3.13. The number of aryl methyl sites for hydroxylation is 1. The van der Waals surface area contributed by atoms with Gasteiger partial charge in [0.05, 0.1) is 11.1 Å². The van der Waals surface area contributed by atoms with Gasteiger partial charge in [0, 0.05) is 16.2 Å². The number of rotatable bonds is 1. The topological polar surface area (TPSA) is 41.6 Å². The summed E-state index contributed by atoms with van der Waals surface area (Å²) >= 11 is 2.28. The van der Waals surface area contributed by atoms with Crippen LogP contribution in [0.4, 0.5) is 0 Å². The van der Waals surface area contributed by atoms with Crippen LogP contribution in [0.25, 0.3) is 22.4 Å². The quantitative estimate of drug-likeness (QED) is 0.622. The van der Waals surface area contributed by atoms with Crippen molar-refractivity contribution >= 4 is 33.6 Å². The van der Waals surface area contributed by atoms with Gasteiger partial charge in [-0.05, 0) is 46.9 Å². The van der Waals surface area contributed by atoms with E-state index in [0.717, 1.165) is 22.4 Å². The Morgan fingerprint density at radius 3 is 2.58 bits per heavy atom. The van der Waals surface area contributed by atoms with Gasteiger partial charge in [0.2, 0.25) is 0 Å². The van der Waals surface area contributed by atoms with Gasteiger partial charge in [-0.2, -0.15) is 5.26 Å². The summed E-state index contributed by atoms with van der Waals surface area (Å²) < 4.78 is 3.22. The van der Waals surface area contributed by atoms with Gasteiger partial charge in [-0.15, -0.1) is 0 Å². The first kappa shape index (κ1) is 12.2. The van der Waals surface area contributed by atoms with Gasteiger partial charge in [0.15, 0.2) is 0 Å². The molecule has 0 amide bonds. The minimum atomic E-state index is 0.616. The van der Waals surface area contributed by atoms with Crippen LogP contribution in [0.2, 0.25) is 0 Å².